The normalized spacial score (nSPS) is 16.2. The van der Waals surface area contributed by atoms with E-state index < -0.39 is 6.10 Å². The van der Waals surface area contributed by atoms with Crippen molar-refractivity contribution in [3.8, 4) is 0 Å². The molecule has 1 atom stereocenters. The monoisotopic (exact) mass is 307 g/mol. The van der Waals surface area contributed by atoms with Crippen LogP contribution in [0.1, 0.15) is 34.9 Å². The Morgan fingerprint density at radius 3 is 2.90 bits per heavy atom. The number of hydrogen-bond acceptors (Lipinski definition) is 3. The van der Waals surface area contributed by atoms with Crippen LogP contribution in [0.5, 0.6) is 0 Å². The average molecular weight is 308 g/mol. The number of aliphatic hydroxyl groups is 1. The number of benzene rings is 1. The Hall–Kier alpha value is -1.36. The largest absolute Gasteiger partial charge is 0.383 e. The number of aryl methyl sites for hydroxylation is 1. The van der Waals surface area contributed by atoms with Crippen molar-refractivity contribution in [1.82, 2.24) is 0 Å². The number of halogens is 1. The van der Waals surface area contributed by atoms with Crippen molar-refractivity contribution in [2.24, 2.45) is 0 Å². The molecule has 1 aliphatic rings. The van der Waals surface area contributed by atoms with E-state index in [1.807, 2.05) is 23.6 Å². The van der Waals surface area contributed by atoms with Crippen molar-refractivity contribution in [1.29, 1.82) is 0 Å². The van der Waals surface area contributed by atoms with Gasteiger partial charge in [0.05, 0.1) is 9.90 Å². The van der Waals surface area contributed by atoms with Gasteiger partial charge in [-0.2, -0.15) is 0 Å². The van der Waals surface area contributed by atoms with Gasteiger partial charge in [0.2, 0.25) is 5.91 Å². The maximum Gasteiger partial charge on any atom is 0.224 e. The summed E-state index contributed by atoms with van der Waals surface area (Å²) in [5, 5.41) is 15.8. The maximum atomic E-state index is 11.5. The van der Waals surface area contributed by atoms with E-state index in [0.717, 1.165) is 34.5 Å². The van der Waals surface area contributed by atoms with Crippen LogP contribution in [-0.2, 0) is 11.2 Å². The first-order chi connectivity index (χ1) is 9.65. The lowest BCUT2D eigenvalue weighted by molar-refractivity contribution is -0.116. The number of fused-ring (bicyclic) bond motifs is 1. The smallest absolute Gasteiger partial charge is 0.224 e. The molecule has 3 nitrogen and oxygen atoms in total. The third-order valence-electron chi connectivity index (χ3n) is 3.46. The topological polar surface area (TPSA) is 49.3 Å². The predicted octanol–water partition coefficient (Wildman–Crippen LogP) is 3.76. The SMILES string of the molecule is O=C1CCCc2cc(C(O)c3sccc3Cl)ccc2N1. The quantitative estimate of drug-likeness (QED) is 0.887. The number of thiophene rings is 1. The van der Waals surface area contributed by atoms with Gasteiger partial charge in [-0.05, 0) is 41.5 Å². The molecule has 20 heavy (non-hydrogen) atoms. The van der Waals surface area contributed by atoms with Crippen LogP contribution in [-0.4, -0.2) is 11.0 Å². The van der Waals surface area contributed by atoms with E-state index in [2.05, 4.69) is 5.32 Å². The second-order valence-electron chi connectivity index (χ2n) is 4.85. The van der Waals surface area contributed by atoms with Crippen molar-refractivity contribution < 1.29 is 9.90 Å². The third-order valence-corrected chi connectivity index (χ3v) is 4.87. The molecule has 0 saturated heterocycles. The number of anilines is 1. The Kier molecular flexibility index (Phi) is 3.78. The van der Waals surface area contributed by atoms with Crippen LogP contribution in [0.4, 0.5) is 5.69 Å². The predicted molar refractivity (Wildman–Crippen MR) is 81.4 cm³/mol. The first-order valence-electron chi connectivity index (χ1n) is 6.49. The minimum absolute atomic E-state index is 0.0540. The Bertz CT molecular complexity index is 653. The molecule has 1 aliphatic heterocycles. The zero-order valence-corrected chi connectivity index (χ0v) is 12.3. The first kappa shape index (κ1) is 13.6. The highest BCUT2D eigenvalue weighted by molar-refractivity contribution is 7.10. The van der Waals surface area contributed by atoms with Crippen LogP contribution >= 0.6 is 22.9 Å². The fraction of sp³-hybridized carbons (Fsp3) is 0.267. The molecule has 2 N–H and O–H groups in total. The highest BCUT2D eigenvalue weighted by atomic mass is 35.5. The molecule has 0 saturated carbocycles. The summed E-state index contributed by atoms with van der Waals surface area (Å²) in [5.41, 5.74) is 2.73. The van der Waals surface area contributed by atoms with E-state index in [1.165, 1.54) is 11.3 Å². The molecule has 1 unspecified atom stereocenters. The zero-order valence-electron chi connectivity index (χ0n) is 10.7. The van der Waals surface area contributed by atoms with Gasteiger partial charge >= 0.3 is 0 Å². The average Bonchev–Trinajstić information content (AvgIpc) is 2.76. The minimum Gasteiger partial charge on any atom is -0.383 e. The summed E-state index contributed by atoms with van der Waals surface area (Å²) in [4.78, 5) is 12.3. The number of aliphatic hydroxyl groups excluding tert-OH is 1. The molecule has 0 fully saturated rings. The van der Waals surface area contributed by atoms with Crippen LogP contribution < -0.4 is 5.32 Å². The van der Waals surface area contributed by atoms with Gasteiger partial charge in [0.15, 0.2) is 0 Å². The lowest BCUT2D eigenvalue weighted by Crippen LogP contribution is -2.09. The zero-order chi connectivity index (χ0) is 14.1. The number of carbonyl (C=O) groups excluding carboxylic acids is 1. The third kappa shape index (κ3) is 2.59. The number of hydrogen-bond donors (Lipinski definition) is 2. The van der Waals surface area contributed by atoms with Gasteiger partial charge in [0, 0.05) is 12.1 Å². The lowest BCUT2D eigenvalue weighted by Gasteiger charge is -2.13. The Balaban J connectivity index is 1.94. The number of carbonyl (C=O) groups is 1. The maximum absolute atomic E-state index is 11.5. The number of amides is 1. The molecule has 1 aromatic carbocycles. The number of rotatable bonds is 2. The molecular formula is C15H14ClNO2S. The Labute approximate surface area is 126 Å². The molecule has 1 amide bonds. The molecule has 0 aliphatic carbocycles. The van der Waals surface area contributed by atoms with Gasteiger partial charge < -0.3 is 10.4 Å². The van der Waals surface area contributed by atoms with Crippen molar-refractivity contribution in [2.75, 3.05) is 5.32 Å². The highest BCUT2D eigenvalue weighted by Gasteiger charge is 2.18. The van der Waals surface area contributed by atoms with E-state index in [-0.39, 0.29) is 5.91 Å². The molecule has 0 radical (unpaired) electrons. The molecule has 2 aromatic rings. The van der Waals surface area contributed by atoms with Crippen molar-refractivity contribution in [3.05, 3.63) is 50.7 Å². The van der Waals surface area contributed by atoms with Crippen LogP contribution in [0.3, 0.4) is 0 Å². The highest BCUT2D eigenvalue weighted by Crippen LogP contribution is 2.34. The van der Waals surface area contributed by atoms with Crippen LogP contribution in [0.25, 0.3) is 0 Å². The molecule has 104 valence electrons. The Morgan fingerprint density at radius 2 is 2.15 bits per heavy atom. The van der Waals surface area contributed by atoms with Crippen molar-refractivity contribution >= 4 is 34.5 Å². The summed E-state index contributed by atoms with van der Waals surface area (Å²) in [5.74, 6) is 0.0540. The molecular weight excluding hydrogens is 294 g/mol. The second-order valence-corrected chi connectivity index (χ2v) is 6.21. The van der Waals surface area contributed by atoms with Crippen LogP contribution in [0, 0.1) is 0 Å². The van der Waals surface area contributed by atoms with Gasteiger partial charge in [0.25, 0.3) is 0 Å². The summed E-state index contributed by atoms with van der Waals surface area (Å²) in [7, 11) is 0. The Morgan fingerprint density at radius 1 is 1.30 bits per heavy atom. The summed E-state index contributed by atoms with van der Waals surface area (Å²) in [6.45, 7) is 0. The van der Waals surface area contributed by atoms with Crippen molar-refractivity contribution in [2.45, 2.75) is 25.4 Å². The standard InChI is InChI=1S/C15H14ClNO2S/c16-11-6-7-20-15(11)14(19)10-4-5-12-9(8-10)2-1-3-13(18)17-12/h4-8,14,19H,1-3H2,(H,17,18). The van der Waals surface area contributed by atoms with E-state index in [0.29, 0.717) is 11.4 Å². The summed E-state index contributed by atoms with van der Waals surface area (Å²) < 4.78 is 0. The fourth-order valence-corrected chi connectivity index (χ4v) is 3.59. The molecule has 2 heterocycles. The van der Waals surface area contributed by atoms with Crippen LogP contribution in [0.15, 0.2) is 29.6 Å². The fourth-order valence-electron chi connectivity index (χ4n) is 2.42. The molecule has 1 aromatic heterocycles. The number of nitrogens with one attached hydrogen (secondary N) is 1. The van der Waals surface area contributed by atoms with E-state index in [9.17, 15) is 9.90 Å². The van der Waals surface area contributed by atoms with Gasteiger partial charge in [-0.25, -0.2) is 0 Å². The van der Waals surface area contributed by atoms with Gasteiger partial charge in [0.1, 0.15) is 6.10 Å². The van der Waals surface area contributed by atoms with Gasteiger partial charge in [-0.15, -0.1) is 11.3 Å². The molecule has 0 spiro atoms. The summed E-state index contributed by atoms with van der Waals surface area (Å²) >= 11 is 7.51. The van der Waals surface area contributed by atoms with Gasteiger partial charge in [-0.1, -0.05) is 23.7 Å². The molecule has 0 bridgehead atoms. The van der Waals surface area contributed by atoms with Crippen LogP contribution in [0.2, 0.25) is 5.02 Å². The molecule has 5 heteroatoms. The van der Waals surface area contributed by atoms with E-state index >= 15 is 0 Å². The summed E-state index contributed by atoms with van der Waals surface area (Å²) in [6, 6.07) is 7.44. The summed E-state index contributed by atoms with van der Waals surface area (Å²) in [6.07, 6.45) is 1.50. The first-order valence-corrected chi connectivity index (χ1v) is 7.74. The molecule has 3 rings (SSSR count). The van der Waals surface area contributed by atoms with Crippen molar-refractivity contribution in [3.63, 3.8) is 0 Å². The van der Waals surface area contributed by atoms with Gasteiger partial charge in [-0.3, -0.25) is 4.79 Å². The van der Waals surface area contributed by atoms with E-state index in [1.54, 1.807) is 6.07 Å². The van der Waals surface area contributed by atoms with E-state index in [4.69, 9.17) is 11.6 Å². The minimum atomic E-state index is -0.716. The lowest BCUT2D eigenvalue weighted by atomic mass is 10.0. The second kappa shape index (κ2) is 5.56.